The van der Waals surface area contributed by atoms with Crippen LogP contribution >= 0.6 is 0 Å². The molecule has 0 aliphatic carbocycles. The fraction of sp³-hybridized carbons (Fsp3) is 0.105. The lowest BCUT2D eigenvalue weighted by Gasteiger charge is -2.07. The van der Waals surface area contributed by atoms with Gasteiger partial charge in [0.1, 0.15) is 12.2 Å². The van der Waals surface area contributed by atoms with Crippen LogP contribution in [0.2, 0.25) is 0 Å². The van der Waals surface area contributed by atoms with Gasteiger partial charge in [-0.2, -0.15) is 0 Å². The molecule has 0 saturated carbocycles. The maximum Gasteiger partial charge on any atom is 0.255 e. The second kappa shape index (κ2) is 6.83. The highest BCUT2D eigenvalue weighted by molar-refractivity contribution is 6.04. The number of benzene rings is 2. The van der Waals surface area contributed by atoms with Gasteiger partial charge in [-0.15, -0.1) is 5.10 Å². The molecule has 0 radical (unpaired) electrons. The van der Waals surface area contributed by atoms with E-state index in [1.54, 1.807) is 24.3 Å². The standard InChI is InChI=1S/C19H17N7O/c1-12-13(2)22-18(21-12)15-4-3-5-16(10-15)23-19(27)14-6-8-17(9-7-14)26-11-20-24-25-26/h3-11H,1-2H3,(H,21,22)(H,23,27). The summed E-state index contributed by atoms with van der Waals surface area (Å²) < 4.78 is 1.53. The van der Waals surface area contributed by atoms with Gasteiger partial charge in [0.05, 0.1) is 11.4 Å². The van der Waals surface area contributed by atoms with E-state index in [0.717, 1.165) is 28.5 Å². The number of amides is 1. The van der Waals surface area contributed by atoms with E-state index in [-0.39, 0.29) is 5.91 Å². The number of nitrogens with zero attached hydrogens (tertiary/aromatic N) is 5. The predicted octanol–water partition coefficient (Wildman–Crippen LogP) is 2.92. The molecule has 0 unspecified atom stereocenters. The average molecular weight is 359 g/mol. The molecular weight excluding hydrogens is 342 g/mol. The van der Waals surface area contributed by atoms with Gasteiger partial charge in [-0.25, -0.2) is 9.67 Å². The van der Waals surface area contributed by atoms with Gasteiger partial charge in [-0.05, 0) is 60.7 Å². The zero-order valence-electron chi connectivity index (χ0n) is 14.8. The number of rotatable bonds is 4. The largest absolute Gasteiger partial charge is 0.342 e. The molecule has 0 fully saturated rings. The van der Waals surface area contributed by atoms with Crippen LogP contribution in [0.15, 0.2) is 54.9 Å². The smallest absolute Gasteiger partial charge is 0.255 e. The van der Waals surface area contributed by atoms with Crippen molar-refractivity contribution in [2.24, 2.45) is 0 Å². The Hall–Kier alpha value is -3.81. The number of anilines is 1. The van der Waals surface area contributed by atoms with E-state index in [4.69, 9.17) is 0 Å². The first-order valence-corrected chi connectivity index (χ1v) is 8.38. The number of H-pyrrole nitrogens is 1. The van der Waals surface area contributed by atoms with Crippen LogP contribution < -0.4 is 5.32 Å². The SMILES string of the molecule is Cc1nc(-c2cccc(NC(=O)c3ccc(-n4cnnn4)cc3)c2)[nH]c1C. The minimum Gasteiger partial charge on any atom is -0.342 e. The maximum absolute atomic E-state index is 12.5. The van der Waals surface area contributed by atoms with Crippen LogP contribution in [0.25, 0.3) is 17.1 Å². The highest BCUT2D eigenvalue weighted by atomic mass is 16.1. The summed E-state index contributed by atoms with van der Waals surface area (Å²) in [4.78, 5) is 20.3. The molecule has 0 aliphatic heterocycles. The first kappa shape index (κ1) is 16.6. The summed E-state index contributed by atoms with van der Waals surface area (Å²) in [6.07, 6.45) is 1.50. The van der Waals surface area contributed by atoms with Crippen molar-refractivity contribution in [3.63, 3.8) is 0 Å². The molecule has 0 spiro atoms. The van der Waals surface area contributed by atoms with Crippen molar-refractivity contribution in [2.45, 2.75) is 13.8 Å². The van der Waals surface area contributed by atoms with E-state index in [1.165, 1.54) is 11.0 Å². The van der Waals surface area contributed by atoms with E-state index in [9.17, 15) is 4.79 Å². The van der Waals surface area contributed by atoms with Crippen molar-refractivity contribution < 1.29 is 4.79 Å². The molecule has 4 rings (SSSR count). The molecule has 8 nitrogen and oxygen atoms in total. The Bertz CT molecular complexity index is 1060. The lowest BCUT2D eigenvalue weighted by Crippen LogP contribution is -2.12. The Kier molecular flexibility index (Phi) is 4.21. The van der Waals surface area contributed by atoms with Gasteiger partial charge >= 0.3 is 0 Å². The lowest BCUT2D eigenvalue weighted by atomic mass is 10.1. The van der Waals surface area contributed by atoms with E-state index in [0.29, 0.717) is 11.3 Å². The maximum atomic E-state index is 12.5. The van der Waals surface area contributed by atoms with Gasteiger partial charge in [0.25, 0.3) is 5.91 Å². The first-order chi connectivity index (χ1) is 13.1. The molecule has 0 saturated heterocycles. The Morgan fingerprint density at radius 3 is 2.59 bits per heavy atom. The number of aromatic amines is 1. The van der Waals surface area contributed by atoms with Crippen LogP contribution in [0.5, 0.6) is 0 Å². The van der Waals surface area contributed by atoms with Crippen molar-refractivity contribution in [3.05, 3.63) is 71.8 Å². The van der Waals surface area contributed by atoms with Gasteiger partial charge in [0, 0.05) is 22.5 Å². The molecule has 2 N–H and O–H groups in total. The minimum absolute atomic E-state index is 0.192. The average Bonchev–Trinajstić information content (AvgIpc) is 3.33. The van der Waals surface area contributed by atoms with Gasteiger partial charge in [0.15, 0.2) is 0 Å². The second-order valence-corrected chi connectivity index (χ2v) is 6.13. The molecule has 2 heterocycles. The van der Waals surface area contributed by atoms with Crippen LogP contribution in [0, 0.1) is 13.8 Å². The molecule has 2 aromatic heterocycles. The molecule has 8 heteroatoms. The summed E-state index contributed by atoms with van der Waals surface area (Å²) in [5.41, 5.74) is 4.93. The van der Waals surface area contributed by atoms with Crippen molar-refractivity contribution in [3.8, 4) is 17.1 Å². The lowest BCUT2D eigenvalue weighted by molar-refractivity contribution is 0.102. The number of tetrazole rings is 1. The number of aryl methyl sites for hydroxylation is 2. The van der Waals surface area contributed by atoms with E-state index >= 15 is 0 Å². The second-order valence-electron chi connectivity index (χ2n) is 6.13. The topological polar surface area (TPSA) is 101 Å². The minimum atomic E-state index is -0.192. The number of aromatic nitrogens is 6. The third-order valence-corrected chi connectivity index (χ3v) is 4.27. The molecular formula is C19H17N7O. The summed E-state index contributed by atoms with van der Waals surface area (Å²) in [5.74, 6) is 0.592. The molecule has 4 aromatic rings. The Morgan fingerprint density at radius 1 is 1.11 bits per heavy atom. The van der Waals surface area contributed by atoms with Crippen molar-refractivity contribution in [1.29, 1.82) is 0 Å². The summed E-state index contributed by atoms with van der Waals surface area (Å²) in [7, 11) is 0. The first-order valence-electron chi connectivity index (χ1n) is 8.38. The molecule has 27 heavy (non-hydrogen) atoms. The summed E-state index contributed by atoms with van der Waals surface area (Å²) in [6.45, 7) is 3.94. The van der Waals surface area contributed by atoms with Crippen LogP contribution in [0.1, 0.15) is 21.7 Å². The van der Waals surface area contributed by atoms with E-state index in [1.807, 2.05) is 38.1 Å². The molecule has 0 bridgehead atoms. The number of hydrogen-bond acceptors (Lipinski definition) is 5. The van der Waals surface area contributed by atoms with Crippen LogP contribution in [0.3, 0.4) is 0 Å². The van der Waals surface area contributed by atoms with Gasteiger partial charge < -0.3 is 10.3 Å². The zero-order chi connectivity index (χ0) is 18.8. The molecule has 134 valence electrons. The summed E-state index contributed by atoms with van der Waals surface area (Å²) in [5, 5.41) is 13.9. The third kappa shape index (κ3) is 3.45. The fourth-order valence-corrected chi connectivity index (χ4v) is 2.68. The molecule has 0 atom stereocenters. The Labute approximate surface area is 155 Å². The molecule has 2 aromatic carbocycles. The number of imidazole rings is 1. The van der Waals surface area contributed by atoms with Crippen molar-refractivity contribution in [1.82, 2.24) is 30.2 Å². The van der Waals surface area contributed by atoms with Crippen LogP contribution in [-0.2, 0) is 0 Å². The predicted molar refractivity (Wildman–Crippen MR) is 101 cm³/mol. The number of hydrogen-bond donors (Lipinski definition) is 2. The van der Waals surface area contributed by atoms with Crippen molar-refractivity contribution in [2.75, 3.05) is 5.32 Å². The molecule has 1 amide bonds. The summed E-state index contributed by atoms with van der Waals surface area (Å²) >= 11 is 0. The van der Waals surface area contributed by atoms with Gasteiger partial charge in [0.2, 0.25) is 0 Å². The van der Waals surface area contributed by atoms with Gasteiger partial charge in [-0.3, -0.25) is 4.79 Å². The van der Waals surface area contributed by atoms with Crippen LogP contribution in [-0.4, -0.2) is 36.1 Å². The monoisotopic (exact) mass is 359 g/mol. The van der Waals surface area contributed by atoms with E-state index in [2.05, 4.69) is 30.8 Å². The van der Waals surface area contributed by atoms with Gasteiger partial charge in [-0.1, -0.05) is 12.1 Å². The van der Waals surface area contributed by atoms with Crippen LogP contribution in [0.4, 0.5) is 5.69 Å². The number of carbonyl (C=O) groups excluding carboxylic acids is 1. The number of carbonyl (C=O) groups is 1. The summed E-state index contributed by atoms with van der Waals surface area (Å²) in [6, 6.07) is 14.6. The Balaban J connectivity index is 1.52. The van der Waals surface area contributed by atoms with Crippen molar-refractivity contribution >= 4 is 11.6 Å². The highest BCUT2D eigenvalue weighted by Gasteiger charge is 2.09. The third-order valence-electron chi connectivity index (χ3n) is 4.27. The highest BCUT2D eigenvalue weighted by Crippen LogP contribution is 2.22. The Morgan fingerprint density at radius 2 is 1.93 bits per heavy atom. The van der Waals surface area contributed by atoms with E-state index < -0.39 is 0 Å². The fourth-order valence-electron chi connectivity index (χ4n) is 2.68. The normalized spacial score (nSPS) is 10.7. The number of nitrogens with one attached hydrogen (secondary N) is 2. The zero-order valence-corrected chi connectivity index (χ0v) is 14.8. The quantitative estimate of drug-likeness (QED) is 0.583. The molecule has 0 aliphatic rings.